The van der Waals surface area contributed by atoms with Crippen LogP contribution in [0.4, 0.5) is 0 Å². The Balaban J connectivity index is 1.36. The molecule has 3 fully saturated rings. The average molecular weight is 456 g/mol. The highest BCUT2D eigenvalue weighted by atomic mass is 14.5. The quantitative estimate of drug-likeness (QED) is 0.253. The third-order valence-corrected chi connectivity index (χ3v) is 10.4. The molecule has 0 aromatic carbocycles. The first-order valence-corrected chi connectivity index (χ1v) is 15.6. The summed E-state index contributed by atoms with van der Waals surface area (Å²) in [5.41, 5.74) is 0.0293. The molecule has 0 aromatic rings. The minimum Gasteiger partial charge on any atom is -0.198 e. The average Bonchev–Trinajstić information content (AvgIpc) is 2.87. The standard InChI is InChI=1S/C32H57N/c1-3-5-7-9-11-23-32(26-33)24-12-14-31(25-32)30-21-19-29(20-22-30)28-17-15-27(16-18-28)13-10-8-6-4-2/h27-31H,3-25H2,1-2H3/t27-,28-,29-,30-,31?,32?. The van der Waals surface area contributed by atoms with Crippen LogP contribution in [-0.2, 0) is 0 Å². The summed E-state index contributed by atoms with van der Waals surface area (Å²) in [4.78, 5) is 0. The molecule has 0 heterocycles. The van der Waals surface area contributed by atoms with E-state index in [4.69, 9.17) is 0 Å². The Labute approximate surface area is 207 Å². The van der Waals surface area contributed by atoms with Crippen LogP contribution in [0.15, 0.2) is 0 Å². The molecule has 3 saturated carbocycles. The first-order valence-electron chi connectivity index (χ1n) is 15.6. The molecule has 2 unspecified atom stereocenters. The number of hydrogen-bond donors (Lipinski definition) is 0. The van der Waals surface area contributed by atoms with Crippen LogP contribution in [0.3, 0.4) is 0 Å². The van der Waals surface area contributed by atoms with Gasteiger partial charge in [0, 0.05) is 0 Å². The number of hydrogen-bond acceptors (Lipinski definition) is 1. The smallest absolute Gasteiger partial charge is 0.0689 e. The fourth-order valence-corrected chi connectivity index (χ4v) is 8.16. The number of nitrogens with zero attached hydrogens (tertiary/aromatic N) is 1. The van der Waals surface area contributed by atoms with Gasteiger partial charge in [-0.05, 0) is 87.4 Å². The SMILES string of the molecule is CCCCCCCC1(C#N)CCCC([C@H]2CC[C@H]([C@H]3CC[C@H](CCCCCC)CC3)CC2)C1. The molecule has 0 radical (unpaired) electrons. The van der Waals surface area contributed by atoms with Gasteiger partial charge in [-0.15, -0.1) is 0 Å². The van der Waals surface area contributed by atoms with Crippen molar-refractivity contribution in [1.29, 1.82) is 5.26 Å². The molecule has 0 aliphatic heterocycles. The largest absolute Gasteiger partial charge is 0.198 e. The third-order valence-electron chi connectivity index (χ3n) is 10.4. The van der Waals surface area contributed by atoms with Gasteiger partial charge in [0.1, 0.15) is 0 Å². The Bertz CT molecular complexity index is 545. The van der Waals surface area contributed by atoms with Crippen molar-refractivity contribution in [2.45, 2.75) is 162 Å². The zero-order valence-electron chi connectivity index (χ0n) is 22.6. The second-order valence-corrected chi connectivity index (χ2v) is 12.7. The summed E-state index contributed by atoms with van der Waals surface area (Å²) in [6, 6.07) is 2.86. The second kappa shape index (κ2) is 14.8. The molecule has 3 aliphatic carbocycles. The van der Waals surface area contributed by atoms with Crippen molar-refractivity contribution in [3.8, 4) is 6.07 Å². The van der Waals surface area contributed by atoms with Gasteiger partial charge in [-0.3, -0.25) is 0 Å². The highest BCUT2D eigenvalue weighted by Crippen LogP contribution is 2.50. The predicted octanol–water partition coefficient (Wildman–Crippen LogP) is 10.6. The molecule has 3 rings (SSSR count). The van der Waals surface area contributed by atoms with Gasteiger partial charge in [0.2, 0.25) is 0 Å². The maximum Gasteiger partial charge on any atom is 0.0689 e. The Hall–Kier alpha value is -0.510. The van der Waals surface area contributed by atoms with Gasteiger partial charge in [0.05, 0.1) is 11.5 Å². The Morgan fingerprint density at radius 1 is 0.636 bits per heavy atom. The molecule has 0 N–H and O–H groups in total. The van der Waals surface area contributed by atoms with E-state index in [1.807, 2.05) is 0 Å². The van der Waals surface area contributed by atoms with E-state index in [0.717, 1.165) is 29.6 Å². The summed E-state index contributed by atoms with van der Waals surface area (Å²) in [5, 5.41) is 10.1. The number of nitriles is 1. The van der Waals surface area contributed by atoms with E-state index >= 15 is 0 Å². The highest BCUT2D eigenvalue weighted by Gasteiger charge is 2.40. The summed E-state index contributed by atoms with van der Waals surface area (Å²) in [6.07, 6.45) is 32.4. The lowest BCUT2D eigenvalue weighted by Gasteiger charge is -2.43. The molecule has 2 atom stereocenters. The minimum atomic E-state index is 0.0293. The first kappa shape index (κ1) is 27.1. The Kier molecular flexibility index (Phi) is 12.1. The van der Waals surface area contributed by atoms with Crippen molar-refractivity contribution in [2.24, 2.45) is 35.0 Å². The predicted molar refractivity (Wildman–Crippen MR) is 143 cm³/mol. The van der Waals surface area contributed by atoms with Crippen LogP contribution in [0.2, 0.25) is 0 Å². The maximum absolute atomic E-state index is 10.1. The molecule has 0 aromatic heterocycles. The normalized spacial score (nSPS) is 35.2. The van der Waals surface area contributed by atoms with E-state index in [-0.39, 0.29) is 5.41 Å². The zero-order chi connectivity index (χ0) is 23.4. The molecule has 0 saturated heterocycles. The van der Waals surface area contributed by atoms with Crippen molar-refractivity contribution in [3.05, 3.63) is 0 Å². The lowest BCUT2D eigenvalue weighted by atomic mass is 9.61. The van der Waals surface area contributed by atoms with E-state index < -0.39 is 0 Å². The lowest BCUT2D eigenvalue weighted by molar-refractivity contribution is 0.0813. The molecule has 0 bridgehead atoms. The van der Waals surface area contributed by atoms with Gasteiger partial charge < -0.3 is 0 Å². The molecule has 190 valence electrons. The van der Waals surface area contributed by atoms with Crippen LogP contribution in [0.1, 0.15) is 162 Å². The monoisotopic (exact) mass is 455 g/mol. The van der Waals surface area contributed by atoms with Gasteiger partial charge in [0.15, 0.2) is 0 Å². The molecular weight excluding hydrogens is 398 g/mol. The summed E-state index contributed by atoms with van der Waals surface area (Å²) in [7, 11) is 0. The van der Waals surface area contributed by atoms with Crippen molar-refractivity contribution in [1.82, 2.24) is 0 Å². The van der Waals surface area contributed by atoms with Gasteiger partial charge in [0.25, 0.3) is 0 Å². The highest BCUT2D eigenvalue weighted by molar-refractivity contribution is 5.03. The van der Waals surface area contributed by atoms with Crippen molar-refractivity contribution in [2.75, 3.05) is 0 Å². The van der Waals surface area contributed by atoms with E-state index in [1.165, 1.54) is 148 Å². The third kappa shape index (κ3) is 8.58. The van der Waals surface area contributed by atoms with Gasteiger partial charge in [-0.2, -0.15) is 5.26 Å². The zero-order valence-corrected chi connectivity index (χ0v) is 22.6. The van der Waals surface area contributed by atoms with E-state index in [1.54, 1.807) is 0 Å². The van der Waals surface area contributed by atoms with Crippen molar-refractivity contribution >= 4 is 0 Å². The van der Waals surface area contributed by atoms with Gasteiger partial charge >= 0.3 is 0 Å². The fourth-order valence-electron chi connectivity index (χ4n) is 8.16. The summed E-state index contributed by atoms with van der Waals surface area (Å²) >= 11 is 0. The van der Waals surface area contributed by atoms with Crippen LogP contribution >= 0.6 is 0 Å². The molecule has 1 nitrogen and oxygen atoms in total. The van der Waals surface area contributed by atoms with Crippen LogP contribution in [0, 0.1) is 46.3 Å². The van der Waals surface area contributed by atoms with Gasteiger partial charge in [-0.25, -0.2) is 0 Å². The number of unbranched alkanes of at least 4 members (excludes halogenated alkanes) is 7. The molecule has 1 heteroatoms. The summed E-state index contributed by atoms with van der Waals surface area (Å²) in [5.74, 6) is 4.92. The summed E-state index contributed by atoms with van der Waals surface area (Å²) in [6.45, 7) is 4.61. The van der Waals surface area contributed by atoms with E-state index in [2.05, 4.69) is 19.9 Å². The summed E-state index contributed by atoms with van der Waals surface area (Å²) < 4.78 is 0. The van der Waals surface area contributed by atoms with Gasteiger partial charge in [-0.1, -0.05) is 104 Å². The molecule has 33 heavy (non-hydrogen) atoms. The maximum atomic E-state index is 10.1. The molecule has 3 aliphatic rings. The van der Waals surface area contributed by atoms with Crippen LogP contribution in [0.5, 0.6) is 0 Å². The van der Waals surface area contributed by atoms with Crippen LogP contribution in [0.25, 0.3) is 0 Å². The first-order chi connectivity index (χ1) is 16.2. The Morgan fingerprint density at radius 3 is 1.79 bits per heavy atom. The Morgan fingerprint density at radius 2 is 1.18 bits per heavy atom. The van der Waals surface area contributed by atoms with Crippen LogP contribution < -0.4 is 0 Å². The molecule has 0 amide bonds. The van der Waals surface area contributed by atoms with Crippen molar-refractivity contribution in [3.63, 3.8) is 0 Å². The van der Waals surface area contributed by atoms with E-state index in [9.17, 15) is 5.26 Å². The lowest BCUT2D eigenvalue weighted by Crippen LogP contribution is -2.34. The van der Waals surface area contributed by atoms with Crippen molar-refractivity contribution < 1.29 is 0 Å². The minimum absolute atomic E-state index is 0.0293. The van der Waals surface area contributed by atoms with Crippen LogP contribution in [-0.4, -0.2) is 0 Å². The fraction of sp³-hybridized carbons (Fsp3) is 0.969. The molecule has 0 spiro atoms. The topological polar surface area (TPSA) is 23.8 Å². The van der Waals surface area contributed by atoms with E-state index in [0.29, 0.717) is 0 Å². The second-order valence-electron chi connectivity index (χ2n) is 12.7. The number of rotatable bonds is 13. The molecular formula is C32H57N.